The quantitative estimate of drug-likeness (QED) is 0.876. The normalized spacial score (nSPS) is 10.6. The minimum Gasteiger partial charge on any atom is -0.477 e. The second-order valence-electron chi connectivity index (χ2n) is 3.67. The number of hydrogen-bond acceptors (Lipinski definition) is 3. The summed E-state index contributed by atoms with van der Waals surface area (Å²) in [5, 5.41) is 10.3. The third-order valence-corrected chi connectivity index (χ3v) is 3.94. The first kappa shape index (κ1) is 13.0. The molecule has 0 radical (unpaired) electrons. The fourth-order valence-corrected chi connectivity index (χ4v) is 2.72. The van der Waals surface area contributed by atoms with Crippen molar-refractivity contribution in [1.29, 1.82) is 0 Å². The lowest BCUT2D eigenvalue weighted by molar-refractivity contribution is 0.0685. The van der Waals surface area contributed by atoms with Crippen molar-refractivity contribution < 1.29 is 9.90 Å². The summed E-state index contributed by atoms with van der Waals surface area (Å²) in [7, 11) is 1.69. The van der Waals surface area contributed by atoms with E-state index in [0.29, 0.717) is 15.9 Å². The van der Waals surface area contributed by atoms with Gasteiger partial charge < -0.3 is 9.67 Å². The van der Waals surface area contributed by atoms with Gasteiger partial charge in [0.15, 0.2) is 5.16 Å². The third-order valence-electron chi connectivity index (χ3n) is 2.48. The van der Waals surface area contributed by atoms with Crippen LogP contribution in [-0.4, -0.2) is 20.6 Å². The van der Waals surface area contributed by atoms with Crippen molar-refractivity contribution in [2.75, 3.05) is 0 Å². The minimum atomic E-state index is -0.977. The van der Waals surface area contributed by atoms with Crippen molar-refractivity contribution in [3.8, 4) is 0 Å². The number of thioether (sulfide) groups is 1. The van der Waals surface area contributed by atoms with Crippen molar-refractivity contribution in [2.45, 2.75) is 10.9 Å². The largest absolute Gasteiger partial charge is 0.477 e. The Morgan fingerprint density at radius 1 is 1.50 bits per heavy atom. The van der Waals surface area contributed by atoms with Crippen LogP contribution < -0.4 is 0 Å². The summed E-state index contributed by atoms with van der Waals surface area (Å²) in [6.07, 6.45) is 1.36. The molecule has 0 aliphatic heterocycles. The molecule has 0 aliphatic carbocycles. The van der Waals surface area contributed by atoms with Gasteiger partial charge in [0.1, 0.15) is 5.69 Å². The minimum absolute atomic E-state index is 0.177. The summed E-state index contributed by atoms with van der Waals surface area (Å²) in [5.41, 5.74) is 1.18. The fraction of sp³-hybridized carbons (Fsp3) is 0.167. The molecule has 0 spiro atoms. The Morgan fingerprint density at radius 3 is 2.83 bits per heavy atom. The van der Waals surface area contributed by atoms with Crippen LogP contribution in [-0.2, 0) is 12.8 Å². The van der Waals surface area contributed by atoms with Gasteiger partial charge in [-0.05, 0) is 11.6 Å². The van der Waals surface area contributed by atoms with Crippen LogP contribution in [0.25, 0.3) is 0 Å². The van der Waals surface area contributed by atoms with Gasteiger partial charge >= 0.3 is 5.97 Å². The molecule has 1 heterocycles. The highest BCUT2D eigenvalue weighted by atomic mass is 35.5. The number of aromatic nitrogens is 2. The maximum Gasteiger partial charge on any atom is 0.354 e. The molecule has 0 atom stereocenters. The number of carbonyl (C=O) groups is 1. The molecule has 1 aromatic carbocycles. The number of aromatic carboxylic acids is 1. The van der Waals surface area contributed by atoms with Gasteiger partial charge in [0, 0.05) is 17.8 Å². The average molecular weight is 283 g/mol. The number of carboxylic acids is 1. The maximum absolute atomic E-state index is 10.9. The van der Waals surface area contributed by atoms with Crippen molar-refractivity contribution in [2.24, 2.45) is 7.05 Å². The number of imidazole rings is 1. The number of hydrogen-bond donors (Lipinski definition) is 1. The maximum atomic E-state index is 10.9. The van der Waals surface area contributed by atoms with Crippen molar-refractivity contribution >= 4 is 29.3 Å². The lowest BCUT2D eigenvalue weighted by Gasteiger charge is -2.04. The highest BCUT2D eigenvalue weighted by Gasteiger charge is 2.13. The Morgan fingerprint density at radius 2 is 2.22 bits per heavy atom. The molecule has 2 rings (SSSR count). The molecule has 1 N–H and O–H groups in total. The SMILES string of the molecule is Cn1c(C(=O)O)cnc1SCc1ccccc1Cl. The predicted molar refractivity (Wildman–Crippen MR) is 71.2 cm³/mol. The van der Waals surface area contributed by atoms with E-state index < -0.39 is 5.97 Å². The molecule has 0 bridgehead atoms. The van der Waals surface area contributed by atoms with Crippen molar-refractivity contribution in [3.05, 3.63) is 46.7 Å². The van der Waals surface area contributed by atoms with Crippen molar-refractivity contribution in [1.82, 2.24) is 9.55 Å². The highest BCUT2D eigenvalue weighted by molar-refractivity contribution is 7.98. The summed E-state index contributed by atoms with van der Waals surface area (Å²) in [5.74, 6) is -0.321. The Bertz CT molecular complexity index is 583. The molecule has 0 unspecified atom stereocenters. The first-order valence-electron chi connectivity index (χ1n) is 5.21. The van der Waals surface area contributed by atoms with Crippen LogP contribution in [0.4, 0.5) is 0 Å². The van der Waals surface area contributed by atoms with E-state index in [4.69, 9.17) is 16.7 Å². The smallest absolute Gasteiger partial charge is 0.354 e. The summed E-state index contributed by atoms with van der Waals surface area (Å²) in [6, 6.07) is 7.57. The van der Waals surface area contributed by atoms with Gasteiger partial charge in [0.05, 0.1) is 6.20 Å². The van der Waals surface area contributed by atoms with Crippen LogP contribution in [0.2, 0.25) is 5.02 Å². The highest BCUT2D eigenvalue weighted by Crippen LogP contribution is 2.25. The number of halogens is 1. The third kappa shape index (κ3) is 2.68. The van der Waals surface area contributed by atoms with Crippen LogP contribution in [0, 0.1) is 0 Å². The summed E-state index contributed by atoms with van der Waals surface area (Å²) < 4.78 is 1.56. The fourth-order valence-electron chi connectivity index (χ4n) is 1.48. The summed E-state index contributed by atoms with van der Waals surface area (Å²) in [6.45, 7) is 0. The lowest BCUT2D eigenvalue weighted by Crippen LogP contribution is -2.04. The second-order valence-corrected chi connectivity index (χ2v) is 5.02. The molecule has 0 fully saturated rings. The van der Waals surface area contributed by atoms with E-state index >= 15 is 0 Å². The van der Waals surface area contributed by atoms with Gasteiger partial charge in [-0.3, -0.25) is 0 Å². The van der Waals surface area contributed by atoms with Crippen molar-refractivity contribution in [3.63, 3.8) is 0 Å². The topological polar surface area (TPSA) is 55.1 Å². The summed E-state index contributed by atoms with van der Waals surface area (Å²) in [4.78, 5) is 15.0. The molecule has 0 saturated heterocycles. The van der Waals surface area contributed by atoms with Crippen LogP contribution >= 0.6 is 23.4 Å². The predicted octanol–water partition coefficient (Wildman–Crippen LogP) is 3.06. The number of rotatable bonds is 4. The first-order chi connectivity index (χ1) is 8.59. The molecular weight excluding hydrogens is 272 g/mol. The zero-order chi connectivity index (χ0) is 13.1. The van der Waals surface area contributed by atoms with E-state index in [-0.39, 0.29) is 5.69 Å². The number of benzene rings is 1. The van der Waals surface area contributed by atoms with E-state index in [9.17, 15) is 4.79 Å². The Balaban J connectivity index is 2.12. The Labute approximate surface area is 114 Å². The molecule has 4 nitrogen and oxygen atoms in total. The average Bonchev–Trinajstić information content (AvgIpc) is 2.70. The van der Waals surface area contributed by atoms with E-state index in [1.54, 1.807) is 11.6 Å². The molecule has 94 valence electrons. The van der Waals surface area contributed by atoms with E-state index in [2.05, 4.69) is 4.98 Å². The van der Waals surface area contributed by atoms with Gasteiger partial charge in [-0.25, -0.2) is 9.78 Å². The Hall–Kier alpha value is -1.46. The molecule has 6 heteroatoms. The van der Waals surface area contributed by atoms with Gasteiger partial charge in [0.2, 0.25) is 0 Å². The molecular formula is C12H11ClN2O2S. The van der Waals surface area contributed by atoms with Gasteiger partial charge in [-0.1, -0.05) is 41.6 Å². The lowest BCUT2D eigenvalue weighted by atomic mass is 10.2. The standard InChI is InChI=1S/C12H11ClN2O2S/c1-15-10(11(16)17)6-14-12(15)18-7-8-4-2-3-5-9(8)13/h2-6H,7H2,1H3,(H,16,17). The summed E-state index contributed by atoms with van der Waals surface area (Å²) >= 11 is 7.51. The van der Waals surface area contributed by atoms with Crippen LogP contribution in [0.5, 0.6) is 0 Å². The first-order valence-corrected chi connectivity index (χ1v) is 6.57. The van der Waals surface area contributed by atoms with Crippen LogP contribution in [0.1, 0.15) is 16.1 Å². The van der Waals surface area contributed by atoms with Crippen LogP contribution in [0.15, 0.2) is 35.6 Å². The van der Waals surface area contributed by atoms with Gasteiger partial charge in [-0.15, -0.1) is 0 Å². The molecule has 1 aromatic heterocycles. The van der Waals surface area contributed by atoms with Gasteiger partial charge in [0.25, 0.3) is 0 Å². The van der Waals surface area contributed by atoms with E-state index in [1.807, 2.05) is 24.3 Å². The number of carboxylic acid groups (broad SMARTS) is 1. The Kier molecular flexibility index (Phi) is 3.93. The number of nitrogens with zero attached hydrogens (tertiary/aromatic N) is 2. The van der Waals surface area contributed by atoms with E-state index in [0.717, 1.165) is 5.56 Å². The molecule has 0 saturated carbocycles. The second kappa shape index (κ2) is 5.46. The molecule has 2 aromatic rings. The molecule has 0 amide bonds. The van der Waals surface area contributed by atoms with E-state index in [1.165, 1.54) is 18.0 Å². The van der Waals surface area contributed by atoms with Crippen LogP contribution in [0.3, 0.4) is 0 Å². The molecule has 18 heavy (non-hydrogen) atoms. The zero-order valence-electron chi connectivity index (χ0n) is 9.63. The zero-order valence-corrected chi connectivity index (χ0v) is 11.2. The van der Waals surface area contributed by atoms with Gasteiger partial charge in [-0.2, -0.15) is 0 Å². The monoisotopic (exact) mass is 282 g/mol. The molecule has 0 aliphatic rings.